The van der Waals surface area contributed by atoms with Crippen LogP contribution in [0.4, 0.5) is 0 Å². The Morgan fingerprint density at radius 2 is 1.78 bits per heavy atom. The molecule has 2 amide bonds. The number of carboxylic acids is 1. The molecule has 6 nitrogen and oxygen atoms in total. The maximum absolute atomic E-state index is 11.8. The summed E-state index contributed by atoms with van der Waals surface area (Å²) in [5.74, 6) is -1.13. The first-order chi connectivity index (χ1) is 8.51. The quantitative estimate of drug-likeness (QED) is 0.593. The van der Waals surface area contributed by atoms with E-state index >= 15 is 0 Å². The van der Waals surface area contributed by atoms with Crippen LogP contribution in [0.2, 0.25) is 0 Å². The molecule has 2 N–H and O–H groups in total. The lowest BCUT2D eigenvalue weighted by molar-refractivity contribution is -0.138. The molecule has 0 radical (unpaired) electrons. The van der Waals surface area contributed by atoms with Gasteiger partial charge in [0, 0.05) is 26.4 Å². The molecule has 0 fully saturated rings. The molecule has 0 atom stereocenters. The number of aliphatic carboxylic acids is 1. The van der Waals surface area contributed by atoms with Crippen molar-refractivity contribution in [1.82, 2.24) is 10.2 Å². The predicted octanol–water partition coefficient (Wildman–Crippen LogP) is 0.616. The van der Waals surface area contributed by atoms with Crippen LogP contribution in [0.15, 0.2) is 0 Å². The van der Waals surface area contributed by atoms with Crippen molar-refractivity contribution in [3.05, 3.63) is 0 Å². The summed E-state index contributed by atoms with van der Waals surface area (Å²) in [7, 11) is 1.53. The van der Waals surface area contributed by atoms with Crippen LogP contribution >= 0.6 is 0 Å². The molecular formula is C12H22N2O4. The molecule has 18 heavy (non-hydrogen) atoms. The summed E-state index contributed by atoms with van der Waals surface area (Å²) in [4.78, 5) is 34.9. The predicted molar refractivity (Wildman–Crippen MR) is 67.0 cm³/mol. The van der Waals surface area contributed by atoms with Crippen LogP contribution in [0.1, 0.15) is 39.0 Å². The van der Waals surface area contributed by atoms with Crippen LogP contribution in [-0.2, 0) is 14.4 Å². The van der Waals surface area contributed by atoms with Gasteiger partial charge in [0.25, 0.3) is 0 Å². The number of hydrogen-bond donors (Lipinski definition) is 2. The molecule has 0 saturated heterocycles. The zero-order chi connectivity index (χ0) is 14.0. The molecule has 0 aromatic heterocycles. The molecule has 0 heterocycles. The Hall–Kier alpha value is -1.59. The second-order valence-electron chi connectivity index (χ2n) is 4.09. The van der Waals surface area contributed by atoms with E-state index in [1.54, 1.807) is 0 Å². The van der Waals surface area contributed by atoms with Gasteiger partial charge in [0.15, 0.2) is 0 Å². The number of carbonyl (C=O) groups is 3. The van der Waals surface area contributed by atoms with E-state index in [0.717, 1.165) is 6.42 Å². The van der Waals surface area contributed by atoms with E-state index in [-0.39, 0.29) is 24.8 Å². The van der Waals surface area contributed by atoms with Crippen molar-refractivity contribution in [3.8, 4) is 0 Å². The minimum absolute atomic E-state index is 0.0715. The number of nitrogens with zero attached hydrogens (tertiary/aromatic N) is 1. The van der Waals surface area contributed by atoms with Crippen LogP contribution in [-0.4, -0.2) is 47.9 Å². The number of unbranched alkanes of at least 4 members (excludes halogenated alkanes) is 1. The van der Waals surface area contributed by atoms with Crippen molar-refractivity contribution in [2.24, 2.45) is 0 Å². The molecule has 0 saturated carbocycles. The van der Waals surface area contributed by atoms with E-state index in [4.69, 9.17) is 5.11 Å². The number of likely N-dealkylation sites (N-methyl/N-ethyl adjacent to an activating group) is 1. The van der Waals surface area contributed by atoms with Gasteiger partial charge in [-0.05, 0) is 19.3 Å². The molecule has 0 rings (SSSR count). The maximum atomic E-state index is 11.8. The Kier molecular flexibility index (Phi) is 8.61. The highest BCUT2D eigenvalue weighted by molar-refractivity contribution is 5.84. The van der Waals surface area contributed by atoms with Crippen molar-refractivity contribution in [2.75, 3.05) is 20.1 Å². The lowest BCUT2D eigenvalue weighted by Gasteiger charge is -2.21. The van der Waals surface area contributed by atoms with Crippen LogP contribution in [0, 0.1) is 0 Å². The standard InChI is InChI=1S/C12H22N2O4/c1-3-8-14(9-10(15)13-2)11(16)6-4-5-7-12(17)18/h3-9H2,1-2H3,(H,13,15)(H,17,18). The molecule has 0 bridgehead atoms. The maximum Gasteiger partial charge on any atom is 0.303 e. The normalized spacial score (nSPS) is 9.89. The Morgan fingerprint density at radius 1 is 1.17 bits per heavy atom. The van der Waals surface area contributed by atoms with Gasteiger partial charge in [-0.1, -0.05) is 6.92 Å². The van der Waals surface area contributed by atoms with Crippen molar-refractivity contribution in [1.29, 1.82) is 0 Å². The number of rotatable bonds is 9. The third-order valence-corrected chi connectivity index (χ3v) is 2.49. The van der Waals surface area contributed by atoms with Crippen molar-refractivity contribution in [3.63, 3.8) is 0 Å². The summed E-state index contributed by atoms with van der Waals surface area (Å²) in [6, 6.07) is 0. The van der Waals surface area contributed by atoms with Gasteiger partial charge in [-0.3, -0.25) is 14.4 Å². The van der Waals surface area contributed by atoms with Gasteiger partial charge in [-0.15, -0.1) is 0 Å². The van der Waals surface area contributed by atoms with Gasteiger partial charge >= 0.3 is 5.97 Å². The number of carbonyl (C=O) groups excluding carboxylic acids is 2. The van der Waals surface area contributed by atoms with E-state index in [1.165, 1.54) is 11.9 Å². The average Bonchev–Trinajstić information content (AvgIpc) is 2.33. The molecule has 104 valence electrons. The van der Waals surface area contributed by atoms with E-state index in [0.29, 0.717) is 25.8 Å². The average molecular weight is 258 g/mol. The SMILES string of the molecule is CCCN(CC(=O)NC)C(=O)CCCCC(=O)O. The topological polar surface area (TPSA) is 86.7 Å². The Balaban J connectivity index is 4.05. The van der Waals surface area contributed by atoms with Crippen molar-refractivity contribution < 1.29 is 19.5 Å². The van der Waals surface area contributed by atoms with Crippen molar-refractivity contribution in [2.45, 2.75) is 39.0 Å². The fourth-order valence-corrected chi connectivity index (χ4v) is 1.52. The number of carboxylic acid groups (broad SMARTS) is 1. The summed E-state index contributed by atoms with van der Waals surface area (Å²) in [6.07, 6.45) is 2.19. The van der Waals surface area contributed by atoms with Gasteiger partial charge in [0.1, 0.15) is 0 Å². The van der Waals surface area contributed by atoms with Crippen LogP contribution in [0.5, 0.6) is 0 Å². The first-order valence-corrected chi connectivity index (χ1v) is 6.21. The largest absolute Gasteiger partial charge is 0.481 e. The van der Waals surface area contributed by atoms with Crippen LogP contribution < -0.4 is 5.32 Å². The van der Waals surface area contributed by atoms with E-state index < -0.39 is 5.97 Å². The number of nitrogens with one attached hydrogen (secondary N) is 1. The zero-order valence-electron chi connectivity index (χ0n) is 11.1. The Labute approximate surface area is 107 Å². The lowest BCUT2D eigenvalue weighted by atomic mass is 10.2. The molecular weight excluding hydrogens is 236 g/mol. The van der Waals surface area contributed by atoms with Crippen LogP contribution in [0.3, 0.4) is 0 Å². The first-order valence-electron chi connectivity index (χ1n) is 6.21. The monoisotopic (exact) mass is 258 g/mol. The minimum atomic E-state index is -0.849. The fraction of sp³-hybridized carbons (Fsp3) is 0.750. The third-order valence-electron chi connectivity index (χ3n) is 2.49. The molecule has 0 aliphatic carbocycles. The van der Waals surface area contributed by atoms with E-state index in [9.17, 15) is 14.4 Å². The van der Waals surface area contributed by atoms with Crippen LogP contribution in [0.25, 0.3) is 0 Å². The van der Waals surface area contributed by atoms with Crippen molar-refractivity contribution >= 4 is 17.8 Å². The summed E-state index contributed by atoms with van der Waals surface area (Å²) in [6.45, 7) is 2.56. The van der Waals surface area contributed by atoms with Gasteiger partial charge in [-0.25, -0.2) is 0 Å². The molecule has 6 heteroatoms. The Bertz CT molecular complexity index is 292. The second kappa shape index (κ2) is 9.44. The highest BCUT2D eigenvalue weighted by Gasteiger charge is 2.15. The summed E-state index contributed by atoms with van der Waals surface area (Å²) < 4.78 is 0. The van der Waals surface area contributed by atoms with Gasteiger partial charge in [0.2, 0.25) is 11.8 Å². The fourth-order valence-electron chi connectivity index (χ4n) is 1.52. The molecule has 0 spiro atoms. The molecule has 0 aliphatic rings. The van der Waals surface area contributed by atoms with Gasteiger partial charge in [-0.2, -0.15) is 0 Å². The second-order valence-corrected chi connectivity index (χ2v) is 4.09. The molecule has 0 aliphatic heterocycles. The minimum Gasteiger partial charge on any atom is -0.481 e. The zero-order valence-corrected chi connectivity index (χ0v) is 11.1. The van der Waals surface area contributed by atoms with Gasteiger partial charge < -0.3 is 15.3 Å². The van der Waals surface area contributed by atoms with E-state index in [1.807, 2.05) is 6.92 Å². The molecule has 0 unspecified atom stereocenters. The number of amides is 2. The first kappa shape index (κ1) is 16.4. The molecule has 0 aromatic carbocycles. The summed E-state index contributed by atoms with van der Waals surface area (Å²) in [5, 5.41) is 11.0. The third kappa shape index (κ3) is 7.65. The molecule has 0 aromatic rings. The lowest BCUT2D eigenvalue weighted by Crippen LogP contribution is -2.40. The highest BCUT2D eigenvalue weighted by atomic mass is 16.4. The highest BCUT2D eigenvalue weighted by Crippen LogP contribution is 2.04. The smallest absolute Gasteiger partial charge is 0.303 e. The van der Waals surface area contributed by atoms with Gasteiger partial charge in [0.05, 0.1) is 6.54 Å². The summed E-state index contributed by atoms with van der Waals surface area (Å²) in [5.41, 5.74) is 0. The Morgan fingerprint density at radius 3 is 2.28 bits per heavy atom. The van der Waals surface area contributed by atoms with E-state index in [2.05, 4.69) is 5.32 Å². The summed E-state index contributed by atoms with van der Waals surface area (Å²) >= 11 is 0. The number of hydrogen-bond acceptors (Lipinski definition) is 3.